The quantitative estimate of drug-likeness (QED) is 0.746. The SMILES string of the molecule is CC1CCC(C(C)C)C(C(=O)C(=O)O)C1.O. The van der Waals surface area contributed by atoms with Gasteiger partial charge in [0.15, 0.2) is 0 Å². The van der Waals surface area contributed by atoms with Crippen molar-refractivity contribution in [2.45, 2.75) is 40.0 Å². The van der Waals surface area contributed by atoms with Gasteiger partial charge in [0.05, 0.1) is 0 Å². The van der Waals surface area contributed by atoms with Crippen molar-refractivity contribution in [1.29, 1.82) is 0 Å². The molecule has 0 amide bonds. The van der Waals surface area contributed by atoms with Crippen LogP contribution in [0.5, 0.6) is 0 Å². The molecular weight excluding hydrogens is 208 g/mol. The monoisotopic (exact) mass is 230 g/mol. The average Bonchev–Trinajstić information content (AvgIpc) is 2.15. The van der Waals surface area contributed by atoms with Crippen molar-refractivity contribution in [3.63, 3.8) is 0 Å². The van der Waals surface area contributed by atoms with Crippen molar-refractivity contribution in [3.05, 3.63) is 0 Å². The Hall–Kier alpha value is -0.900. The van der Waals surface area contributed by atoms with Gasteiger partial charge in [-0.3, -0.25) is 4.79 Å². The number of carbonyl (C=O) groups excluding carboxylic acids is 1. The number of carbonyl (C=O) groups is 2. The molecule has 0 aromatic heterocycles. The van der Waals surface area contributed by atoms with Crippen molar-refractivity contribution in [2.24, 2.45) is 23.7 Å². The molecule has 1 saturated carbocycles. The van der Waals surface area contributed by atoms with E-state index in [0.717, 1.165) is 19.3 Å². The van der Waals surface area contributed by atoms with Gasteiger partial charge in [0.1, 0.15) is 0 Å². The Balaban J connectivity index is 0.00000225. The zero-order valence-electron chi connectivity index (χ0n) is 10.2. The van der Waals surface area contributed by atoms with Crippen LogP contribution in [-0.2, 0) is 9.59 Å². The predicted molar refractivity (Wildman–Crippen MR) is 61.1 cm³/mol. The van der Waals surface area contributed by atoms with Gasteiger partial charge >= 0.3 is 5.97 Å². The van der Waals surface area contributed by atoms with Crippen molar-refractivity contribution >= 4 is 11.8 Å². The van der Waals surface area contributed by atoms with Crippen LogP contribution >= 0.6 is 0 Å². The summed E-state index contributed by atoms with van der Waals surface area (Å²) < 4.78 is 0. The smallest absolute Gasteiger partial charge is 0.372 e. The lowest BCUT2D eigenvalue weighted by atomic mass is 9.68. The highest BCUT2D eigenvalue weighted by molar-refractivity contribution is 6.33. The minimum Gasteiger partial charge on any atom is -0.475 e. The van der Waals surface area contributed by atoms with Crippen LogP contribution in [0.4, 0.5) is 0 Å². The van der Waals surface area contributed by atoms with E-state index in [1.807, 2.05) is 0 Å². The highest BCUT2D eigenvalue weighted by Gasteiger charge is 2.37. The van der Waals surface area contributed by atoms with Gasteiger partial charge in [-0.2, -0.15) is 0 Å². The van der Waals surface area contributed by atoms with Gasteiger partial charge in [0.25, 0.3) is 0 Å². The molecule has 0 spiro atoms. The van der Waals surface area contributed by atoms with E-state index in [0.29, 0.717) is 11.8 Å². The van der Waals surface area contributed by atoms with Gasteiger partial charge in [0.2, 0.25) is 5.78 Å². The standard InChI is InChI=1S/C12H20O3.H2O/c1-7(2)9-5-4-8(3)6-10(9)11(13)12(14)15;/h7-10H,4-6H2,1-3H3,(H,14,15);1H2. The van der Waals surface area contributed by atoms with E-state index in [1.165, 1.54) is 0 Å². The summed E-state index contributed by atoms with van der Waals surface area (Å²) in [5, 5.41) is 8.77. The number of hydrogen-bond donors (Lipinski definition) is 1. The van der Waals surface area contributed by atoms with E-state index in [1.54, 1.807) is 0 Å². The van der Waals surface area contributed by atoms with Crippen molar-refractivity contribution in [3.8, 4) is 0 Å². The molecule has 4 nitrogen and oxygen atoms in total. The highest BCUT2D eigenvalue weighted by Crippen LogP contribution is 2.38. The van der Waals surface area contributed by atoms with E-state index in [9.17, 15) is 9.59 Å². The Labute approximate surface area is 96.3 Å². The van der Waals surface area contributed by atoms with Crippen molar-refractivity contribution in [2.75, 3.05) is 0 Å². The summed E-state index contributed by atoms with van der Waals surface area (Å²) in [4.78, 5) is 22.3. The Kier molecular flexibility index (Phi) is 5.65. The molecule has 1 fully saturated rings. The van der Waals surface area contributed by atoms with Gasteiger partial charge in [-0.25, -0.2) is 4.79 Å². The second-order valence-corrected chi connectivity index (χ2v) is 5.10. The molecule has 16 heavy (non-hydrogen) atoms. The van der Waals surface area contributed by atoms with E-state index >= 15 is 0 Å². The third kappa shape index (κ3) is 3.30. The average molecular weight is 230 g/mol. The number of ketones is 1. The lowest BCUT2D eigenvalue weighted by Gasteiger charge is -2.35. The third-order valence-corrected chi connectivity index (χ3v) is 3.57. The fourth-order valence-corrected chi connectivity index (χ4v) is 2.66. The number of hydrogen-bond acceptors (Lipinski definition) is 2. The Bertz CT molecular complexity index is 260. The number of carboxylic acid groups (broad SMARTS) is 1. The van der Waals surface area contributed by atoms with Crippen molar-refractivity contribution in [1.82, 2.24) is 0 Å². The van der Waals surface area contributed by atoms with Gasteiger partial charge < -0.3 is 10.6 Å². The summed E-state index contributed by atoms with van der Waals surface area (Å²) >= 11 is 0. The second kappa shape index (κ2) is 5.99. The first-order valence-corrected chi connectivity index (χ1v) is 5.70. The molecule has 0 aromatic carbocycles. The summed E-state index contributed by atoms with van der Waals surface area (Å²) in [6.07, 6.45) is 2.85. The molecule has 1 aliphatic rings. The molecular formula is C12H22O4. The molecule has 94 valence electrons. The van der Waals surface area contributed by atoms with Crippen LogP contribution in [0.2, 0.25) is 0 Å². The summed E-state index contributed by atoms with van der Waals surface area (Å²) in [5.74, 6) is -0.977. The molecule has 0 bridgehead atoms. The maximum Gasteiger partial charge on any atom is 0.372 e. The molecule has 4 heteroatoms. The number of Topliss-reactive ketones (excluding diaryl/α,β-unsaturated/α-hetero) is 1. The van der Waals surface area contributed by atoms with E-state index in [4.69, 9.17) is 5.11 Å². The van der Waals surface area contributed by atoms with Crippen LogP contribution in [0.15, 0.2) is 0 Å². The Morgan fingerprint density at radius 2 is 1.81 bits per heavy atom. The van der Waals surface area contributed by atoms with Crippen LogP contribution in [0.1, 0.15) is 40.0 Å². The van der Waals surface area contributed by atoms with E-state index < -0.39 is 11.8 Å². The largest absolute Gasteiger partial charge is 0.475 e. The maximum absolute atomic E-state index is 11.6. The van der Waals surface area contributed by atoms with Gasteiger partial charge in [0, 0.05) is 5.92 Å². The molecule has 0 heterocycles. The second-order valence-electron chi connectivity index (χ2n) is 5.10. The predicted octanol–water partition coefficient (Wildman–Crippen LogP) is 1.52. The number of aliphatic carboxylic acids is 1. The molecule has 3 N–H and O–H groups in total. The minimum absolute atomic E-state index is 0. The third-order valence-electron chi connectivity index (χ3n) is 3.57. The Morgan fingerprint density at radius 3 is 2.25 bits per heavy atom. The van der Waals surface area contributed by atoms with Crippen LogP contribution in [-0.4, -0.2) is 22.3 Å². The molecule has 1 aliphatic carbocycles. The minimum atomic E-state index is -1.26. The molecule has 0 aromatic rings. The lowest BCUT2D eigenvalue weighted by molar-refractivity contribution is -0.153. The molecule has 3 unspecified atom stereocenters. The fourth-order valence-electron chi connectivity index (χ4n) is 2.66. The summed E-state index contributed by atoms with van der Waals surface area (Å²) in [5.41, 5.74) is 0. The normalized spacial score (nSPS) is 29.6. The number of carboxylic acids is 1. The maximum atomic E-state index is 11.6. The summed E-state index contributed by atoms with van der Waals surface area (Å²) in [6, 6.07) is 0. The first-order chi connectivity index (χ1) is 6.93. The molecule has 3 atom stereocenters. The van der Waals surface area contributed by atoms with Crippen LogP contribution < -0.4 is 0 Å². The van der Waals surface area contributed by atoms with Crippen LogP contribution in [0.3, 0.4) is 0 Å². The van der Waals surface area contributed by atoms with Gasteiger partial charge in [-0.15, -0.1) is 0 Å². The summed E-state index contributed by atoms with van der Waals surface area (Å²) in [7, 11) is 0. The van der Waals surface area contributed by atoms with Gasteiger partial charge in [-0.1, -0.05) is 27.2 Å². The molecule has 1 rings (SSSR count). The van der Waals surface area contributed by atoms with E-state index in [2.05, 4.69) is 20.8 Å². The molecule has 0 radical (unpaired) electrons. The van der Waals surface area contributed by atoms with Gasteiger partial charge in [-0.05, 0) is 30.6 Å². The highest BCUT2D eigenvalue weighted by atomic mass is 16.4. The lowest BCUT2D eigenvalue weighted by Crippen LogP contribution is -2.36. The van der Waals surface area contributed by atoms with Crippen LogP contribution in [0, 0.1) is 23.7 Å². The zero-order valence-corrected chi connectivity index (χ0v) is 10.2. The first-order valence-electron chi connectivity index (χ1n) is 5.70. The first kappa shape index (κ1) is 15.1. The van der Waals surface area contributed by atoms with E-state index in [-0.39, 0.29) is 17.3 Å². The van der Waals surface area contributed by atoms with Crippen molar-refractivity contribution < 1.29 is 20.2 Å². The number of rotatable bonds is 3. The topological polar surface area (TPSA) is 85.9 Å². The fraction of sp³-hybridized carbons (Fsp3) is 0.833. The zero-order chi connectivity index (χ0) is 11.6. The molecule has 0 aliphatic heterocycles. The summed E-state index contributed by atoms with van der Waals surface area (Å²) in [6.45, 7) is 6.24. The Morgan fingerprint density at radius 1 is 1.25 bits per heavy atom. The van der Waals surface area contributed by atoms with Crippen LogP contribution in [0.25, 0.3) is 0 Å². The molecule has 0 saturated heterocycles.